The van der Waals surface area contributed by atoms with Gasteiger partial charge in [0.15, 0.2) is 0 Å². The molecule has 18 heavy (non-hydrogen) atoms. The Kier molecular flexibility index (Phi) is 7.82. The lowest BCUT2D eigenvalue weighted by atomic mass is 10.2. The van der Waals surface area contributed by atoms with Gasteiger partial charge in [-0.3, -0.25) is 4.90 Å². The second-order valence-corrected chi connectivity index (χ2v) is 5.07. The Bertz CT molecular complexity index is 209. The maximum atomic E-state index is 5.71. The molecule has 2 N–H and O–H groups in total. The number of rotatable bonds is 9. The molecule has 0 aromatic rings. The summed E-state index contributed by atoms with van der Waals surface area (Å²) in [7, 11) is 0. The fraction of sp³-hybridized carbons (Fsp3) is 1.00. The van der Waals surface area contributed by atoms with Crippen molar-refractivity contribution in [1.82, 2.24) is 9.80 Å². The summed E-state index contributed by atoms with van der Waals surface area (Å²) in [6.07, 6.45) is 2.61. The first kappa shape index (κ1) is 15.9. The third-order valence-electron chi connectivity index (χ3n) is 4.01. The van der Waals surface area contributed by atoms with Gasteiger partial charge in [-0.2, -0.15) is 0 Å². The highest BCUT2D eigenvalue weighted by molar-refractivity contribution is 4.83. The van der Waals surface area contributed by atoms with Crippen LogP contribution in [-0.4, -0.2) is 67.8 Å². The van der Waals surface area contributed by atoms with Crippen molar-refractivity contribution in [2.24, 2.45) is 5.73 Å². The van der Waals surface area contributed by atoms with E-state index in [1.54, 1.807) is 0 Å². The van der Waals surface area contributed by atoms with E-state index in [1.165, 1.54) is 32.6 Å². The molecule has 0 aliphatic carbocycles. The molecule has 1 fully saturated rings. The minimum Gasteiger partial charge on any atom is -0.377 e. The minimum absolute atomic E-state index is 0.238. The molecule has 0 saturated carbocycles. The molecule has 108 valence electrons. The average molecular weight is 257 g/mol. The van der Waals surface area contributed by atoms with E-state index in [0.29, 0.717) is 6.54 Å². The first-order valence-corrected chi connectivity index (χ1v) is 7.53. The fourth-order valence-corrected chi connectivity index (χ4v) is 2.88. The first-order valence-electron chi connectivity index (χ1n) is 7.53. The van der Waals surface area contributed by atoms with Crippen molar-refractivity contribution < 1.29 is 4.74 Å². The summed E-state index contributed by atoms with van der Waals surface area (Å²) in [6.45, 7) is 13.9. The van der Waals surface area contributed by atoms with Crippen molar-refractivity contribution in [3.8, 4) is 0 Å². The first-order chi connectivity index (χ1) is 8.74. The molecule has 0 amide bonds. The smallest absolute Gasteiger partial charge is 0.0709 e. The van der Waals surface area contributed by atoms with Crippen molar-refractivity contribution in [1.29, 1.82) is 0 Å². The Labute approximate surface area is 112 Å². The predicted molar refractivity (Wildman–Crippen MR) is 76.9 cm³/mol. The van der Waals surface area contributed by atoms with Gasteiger partial charge >= 0.3 is 0 Å². The number of likely N-dealkylation sites (tertiary alicyclic amines) is 1. The summed E-state index contributed by atoms with van der Waals surface area (Å²) < 4.78 is 5.61. The van der Waals surface area contributed by atoms with Crippen LogP contribution in [0.3, 0.4) is 0 Å². The molecule has 0 spiro atoms. The number of hydrogen-bond donors (Lipinski definition) is 1. The Morgan fingerprint density at radius 3 is 2.61 bits per heavy atom. The third kappa shape index (κ3) is 4.84. The molecule has 4 nitrogen and oxygen atoms in total. The van der Waals surface area contributed by atoms with Crippen LogP contribution in [0, 0.1) is 0 Å². The van der Waals surface area contributed by atoms with Crippen molar-refractivity contribution >= 4 is 0 Å². The molecule has 1 aliphatic rings. The number of nitrogens with two attached hydrogens (primary N) is 1. The monoisotopic (exact) mass is 257 g/mol. The van der Waals surface area contributed by atoms with Crippen LogP contribution in [0.1, 0.15) is 33.6 Å². The lowest BCUT2D eigenvalue weighted by Crippen LogP contribution is -2.38. The molecule has 0 bridgehead atoms. The summed E-state index contributed by atoms with van der Waals surface area (Å²) in [4.78, 5) is 5.13. The van der Waals surface area contributed by atoms with E-state index in [1.807, 2.05) is 6.92 Å². The van der Waals surface area contributed by atoms with Crippen LogP contribution in [0.5, 0.6) is 0 Å². The van der Waals surface area contributed by atoms with Crippen molar-refractivity contribution in [3.63, 3.8) is 0 Å². The average Bonchev–Trinajstić information content (AvgIpc) is 2.85. The van der Waals surface area contributed by atoms with Gasteiger partial charge in [-0.05, 0) is 39.4 Å². The highest BCUT2D eigenvalue weighted by Gasteiger charge is 2.26. The van der Waals surface area contributed by atoms with Gasteiger partial charge in [0.1, 0.15) is 0 Å². The highest BCUT2D eigenvalue weighted by Crippen LogP contribution is 2.16. The van der Waals surface area contributed by atoms with Gasteiger partial charge in [-0.25, -0.2) is 0 Å². The highest BCUT2D eigenvalue weighted by atomic mass is 16.5. The van der Waals surface area contributed by atoms with Gasteiger partial charge in [0.2, 0.25) is 0 Å². The van der Waals surface area contributed by atoms with Gasteiger partial charge < -0.3 is 15.4 Å². The summed E-state index contributed by atoms with van der Waals surface area (Å²) in [5.74, 6) is 0. The van der Waals surface area contributed by atoms with E-state index in [4.69, 9.17) is 10.5 Å². The Hall–Kier alpha value is -0.160. The van der Waals surface area contributed by atoms with Crippen LogP contribution in [0.2, 0.25) is 0 Å². The van der Waals surface area contributed by atoms with E-state index >= 15 is 0 Å². The van der Waals surface area contributed by atoms with E-state index < -0.39 is 0 Å². The summed E-state index contributed by atoms with van der Waals surface area (Å²) in [5, 5.41) is 0. The van der Waals surface area contributed by atoms with Gasteiger partial charge in [-0.1, -0.05) is 13.8 Å². The Balaban J connectivity index is 2.25. The molecule has 0 radical (unpaired) electrons. The molecule has 1 rings (SSSR count). The molecule has 4 heteroatoms. The fourth-order valence-electron chi connectivity index (χ4n) is 2.88. The van der Waals surface area contributed by atoms with Crippen LogP contribution in [0.4, 0.5) is 0 Å². The van der Waals surface area contributed by atoms with Gasteiger partial charge in [-0.15, -0.1) is 0 Å². The van der Waals surface area contributed by atoms with E-state index in [-0.39, 0.29) is 6.10 Å². The maximum absolute atomic E-state index is 5.71. The molecule has 0 aromatic carbocycles. The van der Waals surface area contributed by atoms with E-state index in [0.717, 1.165) is 25.6 Å². The Morgan fingerprint density at radius 1 is 1.33 bits per heavy atom. The molecule has 0 aromatic heterocycles. The lowest BCUT2D eigenvalue weighted by Gasteiger charge is -2.26. The van der Waals surface area contributed by atoms with E-state index in [9.17, 15) is 0 Å². The van der Waals surface area contributed by atoms with Crippen LogP contribution in [-0.2, 0) is 4.74 Å². The minimum atomic E-state index is 0.238. The zero-order valence-corrected chi connectivity index (χ0v) is 12.4. The lowest BCUT2D eigenvalue weighted by molar-refractivity contribution is 0.0556. The topological polar surface area (TPSA) is 41.7 Å². The van der Waals surface area contributed by atoms with Crippen LogP contribution < -0.4 is 5.73 Å². The van der Waals surface area contributed by atoms with Crippen LogP contribution in [0.15, 0.2) is 0 Å². The second kappa shape index (κ2) is 8.86. The molecule has 1 aliphatic heterocycles. The SMILES string of the molecule is CCOC(CN)CCN1CCC(N(CC)CC)C1. The molecule has 2 unspecified atom stereocenters. The van der Waals surface area contributed by atoms with Gasteiger partial charge in [0, 0.05) is 32.3 Å². The van der Waals surface area contributed by atoms with Crippen molar-refractivity contribution in [2.45, 2.75) is 45.8 Å². The normalized spacial score (nSPS) is 22.8. The zero-order valence-electron chi connectivity index (χ0n) is 12.4. The maximum Gasteiger partial charge on any atom is 0.0709 e. The van der Waals surface area contributed by atoms with Crippen LogP contribution in [0.25, 0.3) is 0 Å². The summed E-state index contributed by atoms with van der Waals surface area (Å²) in [6, 6.07) is 0.753. The van der Waals surface area contributed by atoms with E-state index in [2.05, 4.69) is 23.6 Å². The Morgan fingerprint density at radius 2 is 2.06 bits per heavy atom. The quantitative estimate of drug-likeness (QED) is 0.673. The number of nitrogens with zero attached hydrogens (tertiary/aromatic N) is 2. The molecule has 1 heterocycles. The number of likely N-dealkylation sites (N-methyl/N-ethyl adjacent to an activating group) is 1. The molecular weight excluding hydrogens is 226 g/mol. The van der Waals surface area contributed by atoms with Crippen LogP contribution >= 0.6 is 0 Å². The standard InChI is InChI=1S/C14H31N3O/c1-4-17(5-2)13-7-9-16(12-13)10-8-14(11-15)18-6-3/h13-14H,4-12,15H2,1-3H3. The molecule has 2 atom stereocenters. The zero-order chi connectivity index (χ0) is 13.4. The molecular formula is C14H31N3O. The van der Waals surface area contributed by atoms with Gasteiger partial charge in [0.25, 0.3) is 0 Å². The van der Waals surface area contributed by atoms with Gasteiger partial charge in [0.05, 0.1) is 6.10 Å². The summed E-state index contributed by atoms with van der Waals surface area (Å²) in [5.41, 5.74) is 5.71. The largest absolute Gasteiger partial charge is 0.377 e. The predicted octanol–water partition coefficient (Wildman–Crippen LogP) is 1.16. The number of hydrogen-bond acceptors (Lipinski definition) is 4. The summed E-state index contributed by atoms with van der Waals surface area (Å²) >= 11 is 0. The molecule has 1 saturated heterocycles. The number of ether oxygens (including phenoxy) is 1. The second-order valence-electron chi connectivity index (χ2n) is 5.07. The third-order valence-corrected chi connectivity index (χ3v) is 4.01. The van der Waals surface area contributed by atoms with Crippen molar-refractivity contribution in [2.75, 3.05) is 45.9 Å². The van der Waals surface area contributed by atoms with Crippen molar-refractivity contribution in [3.05, 3.63) is 0 Å².